The third-order valence-electron chi connectivity index (χ3n) is 4.91. The lowest BCUT2D eigenvalue weighted by Gasteiger charge is -2.28. The number of carbonyl (C=O) groups is 2. The topological polar surface area (TPSA) is 81.9 Å². The smallest absolute Gasteiger partial charge is 0.341 e. The molecule has 1 atom stereocenters. The first-order valence-corrected chi connectivity index (χ1v) is 10.2. The number of ether oxygens (including phenoxy) is 2. The molecule has 2 aliphatic rings. The Balaban J connectivity index is 1.58. The molecule has 3 heterocycles. The highest BCUT2D eigenvalue weighted by Crippen LogP contribution is 2.41. The summed E-state index contributed by atoms with van der Waals surface area (Å²) in [6.07, 6.45) is 0.327. The van der Waals surface area contributed by atoms with Gasteiger partial charge in [0.15, 0.2) is 0 Å². The quantitative estimate of drug-likeness (QED) is 0.797. The molecule has 2 aliphatic heterocycles. The second-order valence-electron chi connectivity index (χ2n) is 8.14. The molecule has 0 radical (unpaired) electrons. The van der Waals surface area contributed by atoms with Gasteiger partial charge in [0, 0.05) is 17.0 Å². The number of anilines is 1. The van der Waals surface area contributed by atoms with Crippen molar-refractivity contribution >= 4 is 28.2 Å². The maximum atomic E-state index is 12.7. The zero-order valence-electron chi connectivity index (χ0n) is 16.3. The normalized spacial score (nSPS) is 18.8. The van der Waals surface area contributed by atoms with Gasteiger partial charge in [-0.2, -0.15) is 0 Å². The summed E-state index contributed by atoms with van der Waals surface area (Å²) in [5, 5.41) is 0.450. The number of nitrogens with zero attached hydrogens (tertiary/aromatic N) is 1. The molecule has 0 saturated heterocycles. The molecule has 2 N–H and O–H groups in total. The second-order valence-corrected chi connectivity index (χ2v) is 9.22. The minimum atomic E-state index is -0.587. The maximum Gasteiger partial charge on any atom is 0.341 e. The summed E-state index contributed by atoms with van der Waals surface area (Å²) < 4.78 is 11.5. The number of benzene rings is 1. The van der Waals surface area contributed by atoms with Crippen LogP contribution < -0.4 is 5.73 Å². The lowest BCUT2D eigenvalue weighted by molar-refractivity contribution is 0.00573. The van der Waals surface area contributed by atoms with Gasteiger partial charge in [0.25, 0.3) is 5.91 Å². The van der Waals surface area contributed by atoms with E-state index in [-0.39, 0.29) is 12.0 Å². The van der Waals surface area contributed by atoms with Crippen molar-refractivity contribution in [3.8, 4) is 0 Å². The predicted octanol–water partition coefficient (Wildman–Crippen LogP) is 3.56. The maximum absolute atomic E-state index is 12.7. The number of rotatable bonds is 3. The molecule has 1 aromatic heterocycles. The summed E-state index contributed by atoms with van der Waals surface area (Å²) in [4.78, 5) is 28.1. The largest absolute Gasteiger partial charge is 0.456 e. The Morgan fingerprint density at radius 2 is 2.11 bits per heavy atom. The van der Waals surface area contributed by atoms with Crippen LogP contribution >= 0.6 is 11.3 Å². The van der Waals surface area contributed by atoms with E-state index in [0.29, 0.717) is 36.7 Å². The standard InChI is InChI=1S/C21H24N2O4S/c1-21(2,3)27-20(25)16-14-8-9-26-15(17(14)28-18(16)22)11-23-10-12-6-4-5-7-13(12)19(23)24/h4-7,15H,8-11,22H2,1-3H3. The molecule has 28 heavy (non-hydrogen) atoms. The third kappa shape index (κ3) is 3.40. The highest BCUT2D eigenvalue weighted by Gasteiger charge is 2.35. The molecule has 4 rings (SSSR count). The summed E-state index contributed by atoms with van der Waals surface area (Å²) >= 11 is 1.36. The van der Waals surface area contributed by atoms with E-state index in [1.54, 1.807) is 4.90 Å². The average molecular weight is 401 g/mol. The number of nitrogen functional groups attached to an aromatic ring is 1. The summed E-state index contributed by atoms with van der Waals surface area (Å²) in [6.45, 7) is 7.00. The molecule has 148 valence electrons. The van der Waals surface area contributed by atoms with Crippen LogP contribution in [0.3, 0.4) is 0 Å². The zero-order valence-corrected chi connectivity index (χ0v) is 17.1. The molecule has 7 heteroatoms. The molecule has 6 nitrogen and oxygen atoms in total. The van der Waals surface area contributed by atoms with Gasteiger partial charge in [0.05, 0.1) is 18.7 Å². The Morgan fingerprint density at radius 1 is 1.36 bits per heavy atom. The van der Waals surface area contributed by atoms with Gasteiger partial charge in [-0.15, -0.1) is 11.3 Å². The van der Waals surface area contributed by atoms with Crippen molar-refractivity contribution in [2.45, 2.75) is 45.4 Å². The van der Waals surface area contributed by atoms with Gasteiger partial charge >= 0.3 is 5.97 Å². The Hall–Kier alpha value is -2.38. The van der Waals surface area contributed by atoms with Crippen molar-refractivity contribution in [3.05, 3.63) is 51.4 Å². The number of nitrogens with two attached hydrogens (primary N) is 1. The van der Waals surface area contributed by atoms with Crippen LogP contribution in [-0.2, 0) is 22.4 Å². The van der Waals surface area contributed by atoms with E-state index in [4.69, 9.17) is 15.2 Å². The molecule has 1 aromatic carbocycles. The van der Waals surface area contributed by atoms with Crippen LogP contribution in [0.4, 0.5) is 5.00 Å². The van der Waals surface area contributed by atoms with Gasteiger partial charge in [-0.25, -0.2) is 4.79 Å². The van der Waals surface area contributed by atoms with Crippen molar-refractivity contribution in [1.29, 1.82) is 0 Å². The Bertz CT molecular complexity index is 944. The average Bonchev–Trinajstić information content (AvgIpc) is 3.11. The number of carbonyl (C=O) groups excluding carboxylic acids is 2. The summed E-state index contributed by atoms with van der Waals surface area (Å²) in [5.41, 5.74) is 8.74. The van der Waals surface area contributed by atoms with Gasteiger partial charge in [-0.3, -0.25) is 4.79 Å². The van der Waals surface area contributed by atoms with E-state index < -0.39 is 11.6 Å². The minimum absolute atomic E-state index is 0.0169. The van der Waals surface area contributed by atoms with Crippen LogP contribution in [-0.4, -0.2) is 35.5 Å². The van der Waals surface area contributed by atoms with E-state index >= 15 is 0 Å². The van der Waals surface area contributed by atoms with Crippen molar-refractivity contribution in [2.24, 2.45) is 0 Å². The zero-order chi connectivity index (χ0) is 20.1. The van der Waals surface area contributed by atoms with Crippen LogP contribution in [0.15, 0.2) is 24.3 Å². The van der Waals surface area contributed by atoms with E-state index in [0.717, 1.165) is 21.6 Å². The van der Waals surface area contributed by atoms with Crippen molar-refractivity contribution < 1.29 is 19.1 Å². The van der Waals surface area contributed by atoms with Crippen LogP contribution in [0.1, 0.15) is 63.6 Å². The highest BCUT2D eigenvalue weighted by molar-refractivity contribution is 7.16. The Kier molecular flexibility index (Phi) is 4.67. The van der Waals surface area contributed by atoms with Crippen LogP contribution in [0.5, 0.6) is 0 Å². The second kappa shape index (κ2) is 6.90. The first-order valence-electron chi connectivity index (χ1n) is 9.38. The fraction of sp³-hybridized carbons (Fsp3) is 0.429. The number of esters is 1. The molecule has 1 unspecified atom stereocenters. The fourth-order valence-electron chi connectivity index (χ4n) is 3.74. The molecule has 2 aromatic rings. The van der Waals surface area contributed by atoms with Gasteiger partial charge in [-0.1, -0.05) is 18.2 Å². The van der Waals surface area contributed by atoms with Crippen LogP contribution in [0, 0.1) is 0 Å². The number of hydrogen-bond acceptors (Lipinski definition) is 6. The Labute approximate surface area is 168 Å². The summed E-state index contributed by atoms with van der Waals surface area (Å²) in [7, 11) is 0. The van der Waals surface area contributed by atoms with E-state index in [1.165, 1.54) is 11.3 Å². The molecule has 0 saturated carbocycles. The van der Waals surface area contributed by atoms with Crippen molar-refractivity contribution in [1.82, 2.24) is 4.90 Å². The van der Waals surface area contributed by atoms with Crippen molar-refractivity contribution in [2.75, 3.05) is 18.9 Å². The minimum Gasteiger partial charge on any atom is -0.456 e. The van der Waals surface area contributed by atoms with Gasteiger partial charge in [0.1, 0.15) is 16.7 Å². The molecular formula is C21H24N2O4S. The SMILES string of the molecule is CC(C)(C)OC(=O)c1c(N)sc2c1CCOC2CN1Cc2ccccc2C1=O. The number of hydrogen-bond donors (Lipinski definition) is 1. The molecule has 0 aliphatic carbocycles. The molecular weight excluding hydrogens is 376 g/mol. The van der Waals surface area contributed by atoms with Gasteiger partial charge in [0.2, 0.25) is 0 Å². The molecule has 1 amide bonds. The third-order valence-corrected chi connectivity index (χ3v) is 6.07. The molecule has 0 bridgehead atoms. The van der Waals surface area contributed by atoms with Gasteiger partial charge in [-0.05, 0) is 44.4 Å². The first kappa shape index (κ1) is 19.0. The van der Waals surface area contributed by atoms with Gasteiger partial charge < -0.3 is 20.1 Å². The number of thiophene rings is 1. The number of fused-ring (bicyclic) bond motifs is 2. The van der Waals surface area contributed by atoms with Crippen LogP contribution in [0.25, 0.3) is 0 Å². The van der Waals surface area contributed by atoms with Crippen LogP contribution in [0.2, 0.25) is 0 Å². The lowest BCUT2D eigenvalue weighted by Crippen LogP contribution is -2.32. The summed E-state index contributed by atoms with van der Waals surface area (Å²) in [6, 6.07) is 7.65. The predicted molar refractivity (Wildman–Crippen MR) is 107 cm³/mol. The fourth-order valence-corrected chi connectivity index (χ4v) is 4.89. The first-order chi connectivity index (χ1) is 13.2. The van der Waals surface area contributed by atoms with E-state index in [2.05, 4.69) is 0 Å². The lowest BCUT2D eigenvalue weighted by atomic mass is 10.0. The monoisotopic (exact) mass is 400 g/mol. The summed E-state index contributed by atoms with van der Waals surface area (Å²) in [5.74, 6) is -0.379. The van der Waals surface area contributed by atoms with E-state index in [9.17, 15) is 9.59 Å². The van der Waals surface area contributed by atoms with Crippen molar-refractivity contribution in [3.63, 3.8) is 0 Å². The Morgan fingerprint density at radius 3 is 2.82 bits per heavy atom. The molecule has 0 fully saturated rings. The molecule has 0 spiro atoms. The number of amides is 1. The highest BCUT2D eigenvalue weighted by atomic mass is 32.1. The van der Waals surface area contributed by atoms with E-state index in [1.807, 2.05) is 45.0 Å².